The largest absolute Gasteiger partial charge is 0.326 e. The van der Waals surface area contributed by atoms with Gasteiger partial charge < -0.3 is 10.6 Å². The number of halogens is 1. The number of anilines is 3. The summed E-state index contributed by atoms with van der Waals surface area (Å²) in [5, 5.41) is 5.35. The second-order valence-electron chi connectivity index (χ2n) is 5.30. The number of urea groups is 1. The number of rotatable bonds is 1. The molecule has 0 saturated heterocycles. The van der Waals surface area contributed by atoms with Crippen LogP contribution in [-0.4, -0.2) is 18.5 Å². The topological polar surface area (TPSA) is 61.4 Å². The van der Waals surface area contributed by atoms with Crippen molar-refractivity contribution < 1.29 is 14.0 Å². The standard InChI is InChI=1S/C15H12FN3O2.C3H8/c16-10-5-7-11(8-6-10)17-15(21)19-9-14(20)18-12-3-1-2-4-13(12)19;1-3-2/h1-8H,9H2,(H,17,21)(H,18,20);3H2,1-2H3. The number of para-hydroxylation sites is 2. The van der Waals surface area contributed by atoms with E-state index in [0.717, 1.165) is 0 Å². The summed E-state index contributed by atoms with van der Waals surface area (Å²) in [4.78, 5) is 25.3. The zero-order valence-corrected chi connectivity index (χ0v) is 13.7. The Balaban J connectivity index is 0.000000647. The van der Waals surface area contributed by atoms with Gasteiger partial charge in [-0.25, -0.2) is 9.18 Å². The molecule has 0 unspecified atom stereocenters. The Morgan fingerprint density at radius 2 is 1.79 bits per heavy atom. The molecule has 0 aromatic heterocycles. The van der Waals surface area contributed by atoms with E-state index in [9.17, 15) is 14.0 Å². The maximum atomic E-state index is 12.9. The maximum Gasteiger partial charge on any atom is 0.326 e. The number of hydrogen-bond donors (Lipinski definition) is 2. The van der Waals surface area contributed by atoms with Gasteiger partial charge in [0.25, 0.3) is 0 Å². The molecule has 0 radical (unpaired) electrons. The number of benzene rings is 2. The summed E-state index contributed by atoms with van der Waals surface area (Å²) in [7, 11) is 0. The molecule has 1 aliphatic heterocycles. The Morgan fingerprint density at radius 3 is 2.46 bits per heavy atom. The van der Waals surface area contributed by atoms with Gasteiger partial charge in [0.1, 0.15) is 12.4 Å². The van der Waals surface area contributed by atoms with Crippen molar-refractivity contribution >= 4 is 29.0 Å². The molecule has 3 rings (SSSR count). The second kappa shape index (κ2) is 8.10. The van der Waals surface area contributed by atoms with Crippen molar-refractivity contribution in [1.29, 1.82) is 0 Å². The lowest BCUT2D eigenvalue weighted by atomic mass is 10.2. The van der Waals surface area contributed by atoms with Crippen LogP contribution in [0.1, 0.15) is 20.3 Å². The van der Waals surface area contributed by atoms with Crippen molar-refractivity contribution in [2.75, 3.05) is 22.1 Å². The first-order valence-corrected chi connectivity index (χ1v) is 7.78. The molecule has 2 aromatic carbocycles. The average Bonchev–Trinajstić information content (AvgIpc) is 2.57. The van der Waals surface area contributed by atoms with Gasteiger partial charge in [-0.1, -0.05) is 32.4 Å². The molecule has 1 heterocycles. The SMILES string of the molecule is CCC.O=C1CN(C(=O)Nc2ccc(F)cc2)c2ccccc2N1. The molecule has 0 saturated carbocycles. The van der Waals surface area contributed by atoms with Gasteiger partial charge in [-0.15, -0.1) is 0 Å². The summed E-state index contributed by atoms with van der Waals surface area (Å²) in [5.74, 6) is -0.640. The van der Waals surface area contributed by atoms with E-state index in [-0.39, 0.29) is 18.3 Å². The first-order chi connectivity index (χ1) is 11.5. The van der Waals surface area contributed by atoms with E-state index < -0.39 is 6.03 Å². The normalized spacial score (nSPS) is 12.5. The minimum Gasteiger partial charge on any atom is -0.323 e. The van der Waals surface area contributed by atoms with E-state index in [2.05, 4.69) is 24.5 Å². The molecule has 0 bridgehead atoms. The highest BCUT2D eigenvalue weighted by Gasteiger charge is 2.26. The highest BCUT2D eigenvalue weighted by molar-refractivity contribution is 6.12. The van der Waals surface area contributed by atoms with Gasteiger partial charge in [0.05, 0.1) is 11.4 Å². The number of amides is 3. The lowest BCUT2D eigenvalue weighted by Crippen LogP contribution is -2.44. The smallest absolute Gasteiger partial charge is 0.323 e. The highest BCUT2D eigenvalue weighted by atomic mass is 19.1. The van der Waals surface area contributed by atoms with E-state index in [1.165, 1.54) is 35.6 Å². The van der Waals surface area contributed by atoms with E-state index in [4.69, 9.17) is 0 Å². The summed E-state index contributed by atoms with van der Waals surface area (Å²) in [6, 6.07) is 12.0. The van der Waals surface area contributed by atoms with Crippen LogP contribution in [0.3, 0.4) is 0 Å². The quantitative estimate of drug-likeness (QED) is 0.822. The van der Waals surface area contributed by atoms with E-state index in [0.29, 0.717) is 17.1 Å². The van der Waals surface area contributed by atoms with Gasteiger partial charge in [-0.05, 0) is 36.4 Å². The maximum absolute atomic E-state index is 12.9. The number of fused-ring (bicyclic) bond motifs is 1. The third-order valence-corrected chi connectivity index (χ3v) is 3.11. The molecule has 126 valence electrons. The van der Waals surface area contributed by atoms with Crippen LogP contribution in [0.4, 0.5) is 26.2 Å². The van der Waals surface area contributed by atoms with Crippen LogP contribution in [0, 0.1) is 5.82 Å². The van der Waals surface area contributed by atoms with Crippen molar-refractivity contribution in [2.24, 2.45) is 0 Å². The van der Waals surface area contributed by atoms with Gasteiger partial charge in [0.2, 0.25) is 5.91 Å². The number of carbonyl (C=O) groups excluding carboxylic acids is 2. The molecule has 0 atom stereocenters. The third kappa shape index (κ3) is 4.32. The summed E-state index contributed by atoms with van der Waals surface area (Å²) < 4.78 is 12.9. The molecular weight excluding hydrogens is 309 g/mol. The molecular formula is C18H20FN3O2. The fourth-order valence-corrected chi connectivity index (χ4v) is 2.14. The Bertz CT molecular complexity index is 716. The predicted molar refractivity (Wildman–Crippen MR) is 93.8 cm³/mol. The molecule has 0 fully saturated rings. The van der Waals surface area contributed by atoms with Gasteiger partial charge in [0, 0.05) is 5.69 Å². The van der Waals surface area contributed by atoms with Crippen LogP contribution < -0.4 is 15.5 Å². The van der Waals surface area contributed by atoms with Crippen molar-refractivity contribution in [3.05, 3.63) is 54.3 Å². The molecule has 6 heteroatoms. The molecule has 0 spiro atoms. The van der Waals surface area contributed by atoms with Gasteiger partial charge >= 0.3 is 6.03 Å². The predicted octanol–water partition coefficient (Wildman–Crippen LogP) is 4.23. The van der Waals surface area contributed by atoms with Crippen molar-refractivity contribution in [2.45, 2.75) is 20.3 Å². The summed E-state index contributed by atoms with van der Waals surface area (Å²) in [6.07, 6.45) is 1.25. The minimum atomic E-state index is -0.441. The van der Waals surface area contributed by atoms with Crippen LogP contribution in [0.2, 0.25) is 0 Å². The van der Waals surface area contributed by atoms with Crippen molar-refractivity contribution in [1.82, 2.24) is 0 Å². The fourth-order valence-electron chi connectivity index (χ4n) is 2.14. The first kappa shape index (κ1) is 17.5. The van der Waals surface area contributed by atoms with Crippen LogP contribution in [-0.2, 0) is 4.79 Å². The zero-order chi connectivity index (χ0) is 17.5. The van der Waals surface area contributed by atoms with Crippen LogP contribution >= 0.6 is 0 Å². The van der Waals surface area contributed by atoms with E-state index in [1.807, 2.05) is 0 Å². The van der Waals surface area contributed by atoms with Crippen molar-refractivity contribution in [3.63, 3.8) is 0 Å². The molecule has 2 aromatic rings. The summed E-state index contributed by atoms with van der Waals surface area (Å²) in [5.41, 5.74) is 1.67. The minimum absolute atomic E-state index is 0.0654. The monoisotopic (exact) mass is 329 g/mol. The van der Waals surface area contributed by atoms with Gasteiger partial charge in [-0.2, -0.15) is 0 Å². The molecule has 24 heavy (non-hydrogen) atoms. The van der Waals surface area contributed by atoms with E-state index in [1.54, 1.807) is 24.3 Å². The molecule has 2 N–H and O–H groups in total. The molecule has 1 aliphatic rings. The van der Waals surface area contributed by atoms with Crippen LogP contribution in [0.25, 0.3) is 0 Å². The highest BCUT2D eigenvalue weighted by Crippen LogP contribution is 2.29. The Kier molecular flexibility index (Phi) is 5.89. The van der Waals surface area contributed by atoms with Crippen LogP contribution in [0.15, 0.2) is 48.5 Å². The third-order valence-electron chi connectivity index (χ3n) is 3.11. The zero-order valence-electron chi connectivity index (χ0n) is 13.7. The lowest BCUT2D eigenvalue weighted by molar-refractivity contribution is -0.115. The Morgan fingerprint density at radius 1 is 1.17 bits per heavy atom. The van der Waals surface area contributed by atoms with Gasteiger partial charge in [-0.3, -0.25) is 9.69 Å². The molecule has 0 aliphatic carbocycles. The van der Waals surface area contributed by atoms with Crippen LogP contribution in [0.5, 0.6) is 0 Å². The van der Waals surface area contributed by atoms with Crippen molar-refractivity contribution in [3.8, 4) is 0 Å². The average molecular weight is 329 g/mol. The number of nitrogens with one attached hydrogen (secondary N) is 2. The number of nitrogens with zero attached hydrogens (tertiary/aromatic N) is 1. The summed E-state index contributed by atoms with van der Waals surface area (Å²) in [6.45, 7) is 4.18. The Labute approximate surface area is 140 Å². The number of hydrogen-bond acceptors (Lipinski definition) is 2. The van der Waals surface area contributed by atoms with Gasteiger partial charge in [0.15, 0.2) is 0 Å². The van der Waals surface area contributed by atoms with E-state index >= 15 is 0 Å². The summed E-state index contributed by atoms with van der Waals surface area (Å²) >= 11 is 0. The molecule has 5 nitrogen and oxygen atoms in total. The molecule has 3 amide bonds. The first-order valence-electron chi connectivity index (χ1n) is 7.78. The lowest BCUT2D eigenvalue weighted by Gasteiger charge is -2.29. The number of carbonyl (C=O) groups is 2. The Hall–Kier alpha value is -2.89. The second-order valence-corrected chi connectivity index (χ2v) is 5.30. The fraction of sp³-hybridized carbons (Fsp3) is 0.222.